The molecule has 0 saturated heterocycles. The van der Waals surface area contributed by atoms with E-state index in [0.29, 0.717) is 0 Å². The Labute approximate surface area is 124 Å². The van der Waals surface area contributed by atoms with Gasteiger partial charge in [0.2, 0.25) is 5.13 Å². The first-order valence-corrected chi connectivity index (χ1v) is 8.32. The summed E-state index contributed by atoms with van der Waals surface area (Å²) in [6.45, 7) is 3.09. The third-order valence-electron chi connectivity index (χ3n) is 2.18. The highest BCUT2D eigenvalue weighted by Crippen LogP contribution is 2.30. The minimum absolute atomic E-state index is 0.855. The summed E-state index contributed by atoms with van der Waals surface area (Å²) in [5.74, 6) is 0.855. The van der Waals surface area contributed by atoms with Gasteiger partial charge in [-0.05, 0) is 34.5 Å². The SMILES string of the molecule is CCCNc1nnc(CSc2ccccc2Br)s1. The van der Waals surface area contributed by atoms with Gasteiger partial charge in [0.05, 0.1) is 5.75 Å². The van der Waals surface area contributed by atoms with E-state index in [1.165, 1.54) is 4.90 Å². The zero-order valence-electron chi connectivity index (χ0n) is 10.0. The van der Waals surface area contributed by atoms with Crippen LogP contribution in [0, 0.1) is 0 Å². The summed E-state index contributed by atoms with van der Waals surface area (Å²) in [5, 5.41) is 13.5. The minimum atomic E-state index is 0.855. The van der Waals surface area contributed by atoms with Crippen LogP contribution in [-0.2, 0) is 5.75 Å². The molecule has 2 aromatic rings. The smallest absolute Gasteiger partial charge is 0.205 e. The van der Waals surface area contributed by atoms with Gasteiger partial charge >= 0.3 is 0 Å². The van der Waals surface area contributed by atoms with E-state index in [-0.39, 0.29) is 0 Å². The topological polar surface area (TPSA) is 37.8 Å². The first kappa shape index (κ1) is 13.8. The molecule has 1 aromatic carbocycles. The summed E-state index contributed by atoms with van der Waals surface area (Å²) in [5.41, 5.74) is 0. The Morgan fingerprint density at radius 3 is 2.94 bits per heavy atom. The lowest BCUT2D eigenvalue weighted by atomic mass is 10.4. The van der Waals surface area contributed by atoms with Crippen LogP contribution in [0.4, 0.5) is 5.13 Å². The van der Waals surface area contributed by atoms with Crippen molar-refractivity contribution in [2.45, 2.75) is 24.0 Å². The minimum Gasteiger partial charge on any atom is -0.360 e. The van der Waals surface area contributed by atoms with Gasteiger partial charge in [0.1, 0.15) is 5.01 Å². The van der Waals surface area contributed by atoms with Crippen LogP contribution in [-0.4, -0.2) is 16.7 Å². The number of aromatic nitrogens is 2. The van der Waals surface area contributed by atoms with Crippen LogP contribution in [0.1, 0.15) is 18.4 Å². The van der Waals surface area contributed by atoms with Crippen molar-refractivity contribution >= 4 is 44.2 Å². The Kier molecular flexibility index (Phi) is 5.46. The third-order valence-corrected chi connectivity index (χ3v) is 5.28. The van der Waals surface area contributed by atoms with Crippen molar-refractivity contribution in [3.8, 4) is 0 Å². The van der Waals surface area contributed by atoms with Crippen molar-refractivity contribution in [2.75, 3.05) is 11.9 Å². The molecule has 0 spiro atoms. The zero-order valence-corrected chi connectivity index (χ0v) is 13.2. The molecule has 0 aliphatic rings. The van der Waals surface area contributed by atoms with Crippen molar-refractivity contribution in [1.29, 1.82) is 0 Å². The molecule has 3 nitrogen and oxygen atoms in total. The van der Waals surface area contributed by atoms with Crippen LogP contribution in [0.15, 0.2) is 33.6 Å². The molecule has 96 valence electrons. The quantitative estimate of drug-likeness (QED) is 0.788. The lowest BCUT2D eigenvalue weighted by Gasteiger charge is -2.01. The molecular weight excluding hydrogens is 330 g/mol. The summed E-state index contributed by atoms with van der Waals surface area (Å²) in [7, 11) is 0. The van der Waals surface area contributed by atoms with Gasteiger partial charge in [-0.25, -0.2) is 0 Å². The summed E-state index contributed by atoms with van der Waals surface area (Å²) in [4.78, 5) is 1.23. The van der Waals surface area contributed by atoms with Crippen molar-refractivity contribution in [1.82, 2.24) is 10.2 Å². The summed E-state index contributed by atoms with van der Waals surface area (Å²) >= 11 is 6.94. The molecule has 1 N–H and O–H groups in total. The highest BCUT2D eigenvalue weighted by Gasteiger charge is 2.05. The second-order valence-electron chi connectivity index (χ2n) is 3.65. The van der Waals surface area contributed by atoms with E-state index in [2.05, 4.69) is 50.5 Å². The fourth-order valence-corrected chi connectivity index (χ4v) is 3.64. The molecule has 1 heterocycles. The van der Waals surface area contributed by atoms with Gasteiger partial charge < -0.3 is 5.32 Å². The van der Waals surface area contributed by atoms with Crippen LogP contribution < -0.4 is 5.32 Å². The maximum atomic E-state index is 4.18. The zero-order chi connectivity index (χ0) is 12.8. The van der Waals surface area contributed by atoms with Crippen LogP contribution in [0.25, 0.3) is 0 Å². The normalized spacial score (nSPS) is 10.6. The van der Waals surface area contributed by atoms with Gasteiger partial charge in [-0.2, -0.15) is 0 Å². The number of rotatable bonds is 6. The molecule has 0 bridgehead atoms. The van der Waals surface area contributed by atoms with E-state index in [0.717, 1.165) is 33.3 Å². The maximum Gasteiger partial charge on any atom is 0.205 e. The van der Waals surface area contributed by atoms with E-state index in [1.807, 2.05) is 12.1 Å². The number of halogens is 1. The average Bonchev–Trinajstić information content (AvgIpc) is 2.83. The van der Waals surface area contributed by atoms with Crippen molar-refractivity contribution in [3.63, 3.8) is 0 Å². The standard InChI is InChI=1S/C12H14BrN3S2/c1-2-7-14-12-16-15-11(18-12)8-17-10-6-4-3-5-9(10)13/h3-6H,2,7-8H2,1H3,(H,14,16). The second kappa shape index (κ2) is 7.11. The van der Waals surface area contributed by atoms with E-state index in [1.54, 1.807) is 23.1 Å². The molecule has 0 aliphatic carbocycles. The Morgan fingerprint density at radius 2 is 2.17 bits per heavy atom. The fraction of sp³-hybridized carbons (Fsp3) is 0.333. The van der Waals surface area contributed by atoms with Crippen LogP contribution >= 0.6 is 39.0 Å². The second-order valence-corrected chi connectivity index (χ2v) is 6.58. The van der Waals surface area contributed by atoms with Crippen LogP contribution in [0.2, 0.25) is 0 Å². The Morgan fingerprint density at radius 1 is 1.33 bits per heavy atom. The first-order chi connectivity index (χ1) is 8.79. The van der Waals surface area contributed by atoms with Crippen LogP contribution in [0.5, 0.6) is 0 Å². The Hall–Kier alpha value is -0.590. The molecular formula is C12H14BrN3S2. The number of thioether (sulfide) groups is 1. The predicted molar refractivity (Wildman–Crippen MR) is 82.4 cm³/mol. The number of anilines is 1. The third kappa shape index (κ3) is 3.96. The molecule has 6 heteroatoms. The molecule has 18 heavy (non-hydrogen) atoms. The largest absolute Gasteiger partial charge is 0.360 e. The Bertz CT molecular complexity index is 502. The van der Waals surface area contributed by atoms with Gasteiger partial charge in [0.15, 0.2) is 0 Å². The number of benzene rings is 1. The highest BCUT2D eigenvalue weighted by molar-refractivity contribution is 9.10. The van der Waals surface area contributed by atoms with E-state index < -0.39 is 0 Å². The molecule has 0 saturated carbocycles. The highest BCUT2D eigenvalue weighted by atomic mass is 79.9. The van der Waals surface area contributed by atoms with E-state index in [9.17, 15) is 0 Å². The molecule has 0 fully saturated rings. The van der Waals surface area contributed by atoms with Crippen molar-refractivity contribution < 1.29 is 0 Å². The predicted octanol–water partition coefficient (Wildman–Crippen LogP) is 4.41. The first-order valence-electron chi connectivity index (χ1n) is 5.73. The molecule has 0 radical (unpaired) electrons. The molecule has 0 atom stereocenters. The molecule has 2 rings (SSSR count). The van der Waals surface area contributed by atoms with Gasteiger partial charge in [-0.3, -0.25) is 0 Å². The molecule has 0 unspecified atom stereocenters. The number of nitrogens with zero attached hydrogens (tertiary/aromatic N) is 2. The van der Waals surface area contributed by atoms with Gasteiger partial charge in [0, 0.05) is 15.9 Å². The van der Waals surface area contributed by atoms with E-state index in [4.69, 9.17) is 0 Å². The van der Waals surface area contributed by atoms with Crippen molar-refractivity contribution in [2.24, 2.45) is 0 Å². The number of hydrogen-bond acceptors (Lipinski definition) is 5. The van der Waals surface area contributed by atoms with Crippen LogP contribution in [0.3, 0.4) is 0 Å². The monoisotopic (exact) mass is 343 g/mol. The molecule has 0 amide bonds. The molecule has 0 aliphatic heterocycles. The van der Waals surface area contributed by atoms with Gasteiger partial charge in [-0.1, -0.05) is 30.4 Å². The maximum absolute atomic E-state index is 4.18. The summed E-state index contributed by atoms with van der Waals surface area (Å²) in [6, 6.07) is 8.22. The summed E-state index contributed by atoms with van der Waals surface area (Å²) in [6.07, 6.45) is 1.10. The summed E-state index contributed by atoms with van der Waals surface area (Å²) < 4.78 is 1.13. The average molecular weight is 344 g/mol. The lowest BCUT2D eigenvalue weighted by Crippen LogP contribution is -1.98. The van der Waals surface area contributed by atoms with Gasteiger partial charge in [0.25, 0.3) is 0 Å². The Balaban J connectivity index is 1.90. The number of nitrogens with one attached hydrogen (secondary N) is 1. The molecule has 1 aromatic heterocycles. The van der Waals surface area contributed by atoms with E-state index >= 15 is 0 Å². The van der Waals surface area contributed by atoms with Crippen molar-refractivity contribution in [3.05, 3.63) is 33.7 Å². The fourth-order valence-electron chi connectivity index (χ4n) is 1.32. The number of hydrogen-bond donors (Lipinski definition) is 1. The van der Waals surface area contributed by atoms with Gasteiger partial charge in [-0.15, -0.1) is 22.0 Å². The lowest BCUT2D eigenvalue weighted by molar-refractivity contribution is 0.958.